The SMILES string of the molecule is COC(=O)C1(c2cccc(Br)c2)CCN(C(=O)C(=O)N2CCN(C(c3ccc(F)cc3)c3ccc(F)cc3)CC2)C1. The average Bonchev–Trinajstić information content (AvgIpc) is 3.45. The highest BCUT2D eigenvalue weighted by atomic mass is 79.9. The maximum Gasteiger partial charge on any atom is 0.318 e. The fourth-order valence-electron chi connectivity index (χ4n) is 5.84. The zero-order valence-corrected chi connectivity index (χ0v) is 24.1. The number of halogens is 3. The van der Waals surface area contributed by atoms with Gasteiger partial charge in [0, 0.05) is 43.7 Å². The van der Waals surface area contributed by atoms with Crippen LogP contribution in [0.15, 0.2) is 77.3 Å². The molecule has 2 aliphatic heterocycles. The van der Waals surface area contributed by atoms with Crippen LogP contribution in [0.5, 0.6) is 0 Å². The van der Waals surface area contributed by atoms with Crippen LogP contribution in [0.3, 0.4) is 0 Å². The quantitative estimate of drug-likeness (QED) is 0.312. The van der Waals surface area contributed by atoms with Crippen molar-refractivity contribution in [2.45, 2.75) is 17.9 Å². The lowest BCUT2D eigenvalue weighted by Crippen LogP contribution is -2.54. The third-order valence-corrected chi connectivity index (χ3v) is 8.52. The maximum atomic E-state index is 13.6. The molecule has 10 heteroatoms. The van der Waals surface area contributed by atoms with Gasteiger partial charge in [0.1, 0.15) is 17.0 Å². The van der Waals surface area contributed by atoms with E-state index in [0.717, 1.165) is 21.2 Å². The van der Waals surface area contributed by atoms with Gasteiger partial charge >= 0.3 is 17.8 Å². The molecule has 0 aromatic heterocycles. The summed E-state index contributed by atoms with van der Waals surface area (Å²) in [7, 11) is 1.32. The van der Waals surface area contributed by atoms with Crippen molar-refractivity contribution in [3.05, 3.63) is 106 Å². The van der Waals surface area contributed by atoms with Crippen LogP contribution in [0, 0.1) is 11.6 Å². The van der Waals surface area contributed by atoms with E-state index in [4.69, 9.17) is 4.74 Å². The van der Waals surface area contributed by atoms with Gasteiger partial charge in [0.05, 0.1) is 13.2 Å². The van der Waals surface area contributed by atoms with Crippen LogP contribution in [0.2, 0.25) is 0 Å². The molecule has 2 heterocycles. The Kier molecular flexibility index (Phi) is 8.51. The molecule has 41 heavy (non-hydrogen) atoms. The Morgan fingerprint density at radius 1 is 0.805 bits per heavy atom. The van der Waals surface area contributed by atoms with Crippen LogP contribution in [0.25, 0.3) is 0 Å². The van der Waals surface area contributed by atoms with Gasteiger partial charge in [-0.15, -0.1) is 0 Å². The van der Waals surface area contributed by atoms with E-state index in [1.165, 1.54) is 41.2 Å². The molecule has 2 aliphatic rings. The Bertz CT molecular complexity index is 1380. The van der Waals surface area contributed by atoms with Crippen LogP contribution in [-0.2, 0) is 24.5 Å². The summed E-state index contributed by atoms with van der Waals surface area (Å²) < 4.78 is 33.2. The van der Waals surface area contributed by atoms with Gasteiger partial charge in [-0.3, -0.25) is 19.3 Å². The molecule has 3 aromatic carbocycles. The molecule has 7 nitrogen and oxygen atoms in total. The number of carbonyl (C=O) groups is 3. The number of likely N-dealkylation sites (tertiary alicyclic amines) is 1. The van der Waals surface area contributed by atoms with Gasteiger partial charge in [0.25, 0.3) is 0 Å². The molecule has 1 atom stereocenters. The van der Waals surface area contributed by atoms with E-state index >= 15 is 0 Å². The third-order valence-electron chi connectivity index (χ3n) is 8.03. The topological polar surface area (TPSA) is 70.2 Å². The molecule has 0 saturated carbocycles. The van der Waals surface area contributed by atoms with E-state index in [1.54, 1.807) is 24.3 Å². The van der Waals surface area contributed by atoms with E-state index < -0.39 is 23.2 Å². The van der Waals surface area contributed by atoms with E-state index in [-0.39, 0.29) is 30.8 Å². The van der Waals surface area contributed by atoms with Gasteiger partial charge in [-0.05, 0) is 59.5 Å². The number of carbonyl (C=O) groups excluding carboxylic acids is 3. The highest BCUT2D eigenvalue weighted by molar-refractivity contribution is 9.10. The number of methoxy groups -OCH3 is 1. The molecular formula is C31H30BrF2N3O4. The average molecular weight is 626 g/mol. The van der Waals surface area contributed by atoms with Gasteiger partial charge < -0.3 is 14.5 Å². The van der Waals surface area contributed by atoms with Gasteiger partial charge in [-0.25, -0.2) is 8.78 Å². The Morgan fingerprint density at radius 2 is 1.37 bits per heavy atom. The van der Waals surface area contributed by atoms with Gasteiger partial charge in [-0.1, -0.05) is 52.3 Å². The number of rotatable bonds is 5. The lowest BCUT2D eigenvalue weighted by atomic mass is 9.79. The first kappa shape index (κ1) is 28.9. The predicted molar refractivity (Wildman–Crippen MR) is 152 cm³/mol. The molecule has 0 radical (unpaired) electrons. The lowest BCUT2D eigenvalue weighted by Gasteiger charge is -2.40. The molecule has 0 bridgehead atoms. The normalized spacial score (nSPS) is 19.4. The Labute approximate surface area is 245 Å². The molecule has 5 rings (SSSR count). The Morgan fingerprint density at radius 3 is 1.90 bits per heavy atom. The van der Waals surface area contributed by atoms with Crippen molar-refractivity contribution in [1.29, 1.82) is 0 Å². The standard InChI is InChI=1S/C31H30BrF2N3O4/c1-41-30(40)31(23-3-2-4-24(32)19-23)13-14-37(20-31)29(39)28(38)36-17-15-35(16-18-36)27(21-5-9-25(33)10-6-21)22-7-11-26(34)12-8-22/h2-12,19,27H,13-18,20H2,1H3. The molecule has 0 N–H and O–H groups in total. The minimum Gasteiger partial charge on any atom is -0.468 e. The highest BCUT2D eigenvalue weighted by Crippen LogP contribution is 2.37. The first-order valence-electron chi connectivity index (χ1n) is 13.4. The summed E-state index contributed by atoms with van der Waals surface area (Å²) >= 11 is 3.44. The number of benzene rings is 3. The number of nitrogens with zero attached hydrogens (tertiary/aromatic N) is 3. The summed E-state index contributed by atoms with van der Waals surface area (Å²) in [6, 6.07) is 19.5. The summed E-state index contributed by atoms with van der Waals surface area (Å²) in [5.41, 5.74) is 1.36. The van der Waals surface area contributed by atoms with Crippen molar-refractivity contribution in [2.24, 2.45) is 0 Å². The third kappa shape index (κ3) is 5.90. The van der Waals surface area contributed by atoms with Crippen molar-refractivity contribution in [2.75, 3.05) is 46.4 Å². The zero-order chi connectivity index (χ0) is 29.1. The fraction of sp³-hybridized carbons (Fsp3) is 0.323. The van der Waals surface area contributed by atoms with Crippen LogP contribution >= 0.6 is 15.9 Å². The first-order chi connectivity index (χ1) is 19.7. The minimum atomic E-state index is -1.05. The van der Waals surface area contributed by atoms with Crippen molar-refractivity contribution in [3.8, 4) is 0 Å². The van der Waals surface area contributed by atoms with E-state index in [9.17, 15) is 23.2 Å². The summed E-state index contributed by atoms with van der Waals surface area (Å²) in [4.78, 5) is 44.7. The van der Waals surface area contributed by atoms with E-state index in [2.05, 4.69) is 20.8 Å². The summed E-state index contributed by atoms with van der Waals surface area (Å²) in [5.74, 6) is -2.40. The predicted octanol–water partition coefficient (Wildman–Crippen LogP) is 4.30. The summed E-state index contributed by atoms with van der Waals surface area (Å²) in [6.45, 7) is 1.85. The minimum absolute atomic E-state index is 0.0534. The summed E-state index contributed by atoms with van der Waals surface area (Å²) in [5, 5.41) is 0. The zero-order valence-electron chi connectivity index (χ0n) is 22.6. The number of hydrogen-bond acceptors (Lipinski definition) is 5. The second-order valence-electron chi connectivity index (χ2n) is 10.4. The molecule has 1 unspecified atom stereocenters. The number of hydrogen-bond donors (Lipinski definition) is 0. The molecule has 0 aliphatic carbocycles. The number of esters is 1. The Balaban J connectivity index is 1.28. The van der Waals surface area contributed by atoms with Crippen molar-refractivity contribution in [3.63, 3.8) is 0 Å². The van der Waals surface area contributed by atoms with Crippen molar-refractivity contribution in [1.82, 2.24) is 14.7 Å². The van der Waals surface area contributed by atoms with Gasteiger partial charge in [-0.2, -0.15) is 0 Å². The van der Waals surface area contributed by atoms with Crippen molar-refractivity contribution < 1.29 is 27.9 Å². The number of ether oxygens (including phenoxy) is 1. The van der Waals surface area contributed by atoms with Crippen LogP contribution < -0.4 is 0 Å². The van der Waals surface area contributed by atoms with Crippen LogP contribution in [-0.4, -0.2) is 78.9 Å². The van der Waals surface area contributed by atoms with Crippen LogP contribution in [0.4, 0.5) is 8.78 Å². The molecule has 2 saturated heterocycles. The molecule has 2 amide bonds. The molecule has 0 spiro atoms. The largest absolute Gasteiger partial charge is 0.468 e. The van der Waals surface area contributed by atoms with E-state index in [0.29, 0.717) is 32.6 Å². The second-order valence-corrected chi connectivity index (χ2v) is 11.3. The molecule has 214 valence electrons. The Hall–Kier alpha value is -3.63. The van der Waals surface area contributed by atoms with E-state index in [1.807, 2.05) is 24.3 Å². The first-order valence-corrected chi connectivity index (χ1v) is 14.2. The molecule has 3 aromatic rings. The van der Waals surface area contributed by atoms with Crippen LogP contribution in [0.1, 0.15) is 29.2 Å². The molecule has 2 fully saturated rings. The summed E-state index contributed by atoms with van der Waals surface area (Å²) in [6.07, 6.45) is 0.347. The van der Waals surface area contributed by atoms with Crippen molar-refractivity contribution >= 4 is 33.7 Å². The fourth-order valence-corrected chi connectivity index (χ4v) is 6.24. The van der Waals surface area contributed by atoms with Gasteiger partial charge in [0.15, 0.2) is 0 Å². The lowest BCUT2D eigenvalue weighted by molar-refractivity contribution is -0.153. The highest BCUT2D eigenvalue weighted by Gasteiger charge is 2.49. The number of amides is 2. The number of piperazine rings is 1. The smallest absolute Gasteiger partial charge is 0.318 e. The monoisotopic (exact) mass is 625 g/mol. The molecular weight excluding hydrogens is 596 g/mol. The van der Waals surface area contributed by atoms with Gasteiger partial charge in [0.2, 0.25) is 0 Å². The second kappa shape index (κ2) is 12.1. The maximum absolute atomic E-state index is 13.6.